The van der Waals surface area contributed by atoms with Gasteiger partial charge in [-0.05, 0) is 49.9 Å². The van der Waals surface area contributed by atoms with Crippen LogP contribution >= 0.6 is 0 Å². The van der Waals surface area contributed by atoms with Crippen LogP contribution in [0.25, 0.3) is 0 Å². The summed E-state index contributed by atoms with van der Waals surface area (Å²) < 4.78 is 5.66. The van der Waals surface area contributed by atoms with Crippen LogP contribution in [0.3, 0.4) is 0 Å². The Bertz CT molecular complexity index is 541. The summed E-state index contributed by atoms with van der Waals surface area (Å²) in [5.41, 5.74) is 1.29. The molecule has 24 heavy (non-hydrogen) atoms. The molecular formula is C18H28N4O2. The van der Waals surface area contributed by atoms with E-state index in [2.05, 4.69) is 21.3 Å². The molecule has 0 aromatic carbocycles. The lowest BCUT2D eigenvalue weighted by Crippen LogP contribution is -2.58. The lowest BCUT2D eigenvalue weighted by Gasteiger charge is -2.49. The molecule has 132 valence electrons. The van der Waals surface area contributed by atoms with Crippen LogP contribution in [0, 0.1) is 5.41 Å². The predicted molar refractivity (Wildman–Crippen MR) is 92.6 cm³/mol. The largest absolute Gasteiger partial charge is 0.379 e. The zero-order valence-corrected chi connectivity index (χ0v) is 14.7. The highest BCUT2D eigenvalue weighted by molar-refractivity contribution is 5.74. The van der Waals surface area contributed by atoms with E-state index in [9.17, 15) is 4.79 Å². The van der Waals surface area contributed by atoms with Crippen LogP contribution < -0.4 is 5.32 Å². The number of urea groups is 1. The molecule has 2 aliphatic rings. The van der Waals surface area contributed by atoms with Crippen LogP contribution in [0.5, 0.6) is 0 Å². The third-order valence-electron chi connectivity index (χ3n) is 5.44. The Morgan fingerprint density at radius 2 is 2.17 bits per heavy atom. The molecule has 6 nitrogen and oxygen atoms in total. The Morgan fingerprint density at radius 3 is 2.83 bits per heavy atom. The molecule has 2 amide bonds. The monoisotopic (exact) mass is 332 g/mol. The van der Waals surface area contributed by atoms with Crippen molar-refractivity contribution in [2.45, 2.75) is 31.8 Å². The van der Waals surface area contributed by atoms with Gasteiger partial charge in [0.05, 0.1) is 18.3 Å². The van der Waals surface area contributed by atoms with Crippen molar-refractivity contribution < 1.29 is 9.53 Å². The minimum Gasteiger partial charge on any atom is -0.379 e. The van der Waals surface area contributed by atoms with Crippen molar-refractivity contribution in [3.05, 3.63) is 30.1 Å². The van der Waals surface area contributed by atoms with Crippen molar-refractivity contribution in [3.63, 3.8) is 0 Å². The highest BCUT2D eigenvalue weighted by atomic mass is 16.5. The summed E-state index contributed by atoms with van der Waals surface area (Å²) in [6, 6.07) is 6.16. The van der Waals surface area contributed by atoms with E-state index in [4.69, 9.17) is 4.74 Å². The van der Waals surface area contributed by atoms with Gasteiger partial charge < -0.3 is 15.0 Å². The average Bonchev–Trinajstić information content (AvgIpc) is 2.60. The number of rotatable bonds is 3. The molecule has 2 aliphatic heterocycles. The zero-order valence-electron chi connectivity index (χ0n) is 14.7. The Morgan fingerprint density at radius 1 is 1.38 bits per heavy atom. The lowest BCUT2D eigenvalue weighted by molar-refractivity contribution is -0.0485. The minimum absolute atomic E-state index is 0.0270. The first kappa shape index (κ1) is 17.2. The molecule has 1 aromatic rings. The van der Waals surface area contributed by atoms with Crippen LogP contribution in [0.2, 0.25) is 0 Å². The Hall–Kier alpha value is -1.66. The number of hydrogen-bond donors (Lipinski definition) is 1. The van der Waals surface area contributed by atoms with Crippen LogP contribution in [0.4, 0.5) is 4.79 Å². The van der Waals surface area contributed by atoms with Crippen LogP contribution in [-0.4, -0.2) is 67.3 Å². The number of ether oxygens (including phenoxy) is 1. The van der Waals surface area contributed by atoms with E-state index in [0.29, 0.717) is 6.61 Å². The van der Waals surface area contributed by atoms with Gasteiger partial charge in [-0.25, -0.2) is 4.79 Å². The molecule has 6 heteroatoms. The number of hydrogen-bond acceptors (Lipinski definition) is 4. The van der Waals surface area contributed by atoms with Crippen LogP contribution in [0.15, 0.2) is 24.4 Å². The molecule has 1 unspecified atom stereocenters. The Labute approximate surface area is 144 Å². The minimum atomic E-state index is -0.0270. The quantitative estimate of drug-likeness (QED) is 0.916. The maximum absolute atomic E-state index is 12.1. The first-order valence-electron chi connectivity index (χ1n) is 8.77. The van der Waals surface area contributed by atoms with E-state index in [1.807, 2.05) is 18.3 Å². The summed E-state index contributed by atoms with van der Waals surface area (Å²) in [4.78, 5) is 20.6. The number of nitrogens with zero attached hydrogens (tertiary/aromatic N) is 3. The zero-order chi connectivity index (χ0) is 17.0. The predicted octanol–water partition coefficient (Wildman–Crippen LogP) is 1.72. The Kier molecular flexibility index (Phi) is 5.36. The van der Waals surface area contributed by atoms with Gasteiger partial charge >= 0.3 is 6.03 Å². The molecule has 1 atom stereocenters. The summed E-state index contributed by atoms with van der Waals surface area (Å²) >= 11 is 0. The molecular weight excluding hydrogens is 304 g/mol. The maximum atomic E-state index is 12.1. The van der Waals surface area contributed by atoms with E-state index in [0.717, 1.165) is 51.2 Å². The van der Waals surface area contributed by atoms with Gasteiger partial charge in [-0.15, -0.1) is 0 Å². The molecule has 0 saturated carbocycles. The van der Waals surface area contributed by atoms with Gasteiger partial charge in [-0.3, -0.25) is 9.88 Å². The number of carbonyl (C=O) groups is 1. The molecule has 0 radical (unpaired) electrons. The number of nitrogens with one attached hydrogen (secondary N) is 1. The highest BCUT2D eigenvalue weighted by Gasteiger charge is 2.44. The number of amides is 2. The molecule has 3 heterocycles. The van der Waals surface area contributed by atoms with E-state index in [-0.39, 0.29) is 17.5 Å². The van der Waals surface area contributed by atoms with E-state index >= 15 is 0 Å². The van der Waals surface area contributed by atoms with Crippen molar-refractivity contribution >= 4 is 6.03 Å². The average molecular weight is 332 g/mol. The van der Waals surface area contributed by atoms with E-state index in [1.54, 1.807) is 19.0 Å². The fourth-order valence-corrected chi connectivity index (χ4v) is 3.78. The number of piperidine rings is 1. The van der Waals surface area contributed by atoms with Crippen molar-refractivity contribution in [1.82, 2.24) is 20.1 Å². The molecule has 2 saturated heterocycles. The summed E-state index contributed by atoms with van der Waals surface area (Å²) in [5.74, 6) is 0. The fraction of sp³-hybridized carbons (Fsp3) is 0.667. The first-order valence-corrected chi connectivity index (χ1v) is 8.77. The van der Waals surface area contributed by atoms with E-state index < -0.39 is 0 Å². The SMILES string of the molecule is CN(C)C(=O)NC1COCCC12CCN(Cc1ccccn1)CC2. The third-order valence-corrected chi connectivity index (χ3v) is 5.44. The second-order valence-corrected chi connectivity index (χ2v) is 7.18. The molecule has 1 N–H and O–H groups in total. The summed E-state index contributed by atoms with van der Waals surface area (Å²) in [7, 11) is 3.56. The van der Waals surface area contributed by atoms with Gasteiger partial charge in [0.15, 0.2) is 0 Å². The topological polar surface area (TPSA) is 57.7 Å². The van der Waals surface area contributed by atoms with Crippen molar-refractivity contribution in [2.24, 2.45) is 5.41 Å². The van der Waals surface area contributed by atoms with Gasteiger partial charge in [0, 0.05) is 33.4 Å². The van der Waals surface area contributed by atoms with Gasteiger partial charge in [0.1, 0.15) is 0 Å². The first-order chi connectivity index (χ1) is 11.6. The Balaban J connectivity index is 1.60. The summed E-state index contributed by atoms with van der Waals surface area (Å²) in [6.45, 7) is 4.42. The van der Waals surface area contributed by atoms with Crippen LogP contribution in [-0.2, 0) is 11.3 Å². The molecule has 2 fully saturated rings. The smallest absolute Gasteiger partial charge is 0.317 e. The molecule has 0 bridgehead atoms. The van der Waals surface area contributed by atoms with Crippen LogP contribution in [0.1, 0.15) is 25.0 Å². The number of aromatic nitrogens is 1. The number of carbonyl (C=O) groups excluding carboxylic acids is 1. The molecule has 0 aliphatic carbocycles. The van der Waals surface area contributed by atoms with Crippen molar-refractivity contribution in [1.29, 1.82) is 0 Å². The second kappa shape index (κ2) is 7.49. The number of likely N-dealkylation sites (tertiary alicyclic amines) is 1. The maximum Gasteiger partial charge on any atom is 0.317 e. The van der Waals surface area contributed by atoms with Crippen molar-refractivity contribution in [2.75, 3.05) is 40.4 Å². The van der Waals surface area contributed by atoms with Crippen molar-refractivity contribution in [3.8, 4) is 0 Å². The third kappa shape index (κ3) is 3.87. The summed E-state index contributed by atoms with van der Waals surface area (Å²) in [6.07, 6.45) is 5.08. The van der Waals surface area contributed by atoms with Gasteiger partial charge in [0.2, 0.25) is 0 Å². The molecule has 3 rings (SSSR count). The lowest BCUT2D eigenvalue weighted by atomic mass is 9.69. The highest BCUT2D eigenvalue weighted by Crippen LogP contribution is 2.41. The van der Waals surface area contributed by atoms with Gasteiger partial charge in [0.25, 0.3) is 0 Å². The summed E-state index contributed by atoms with van der Waals surface area (Å²) in [5, 5.41) is 3.17. The van der Waals surface area contributed by atoms with E-state index in [1.165, 1.54) is 0 Å². The molecule has 1 aromatic heterocycles. The van der Waals surface area contributed by atoms with Gasteiger partial charge in [-0.2, -0.15) is 0 Å². The van der Waals surface area contributed by atoms with Gasteiger partial charge in [-0.1, -0.05) is 6.07 Å². The standard InChI is InChI=1S/C18H28N4O2/c1-21(2)17(23)20-16-14-24-12-8-18(16)6-10-22(11-7-18)13-15-5-3-4-9-19-15/h3-5,9,16H,6-8,10-14H2,1-2H3,(H,20,23). The number of pyridine rings is 1. The second-order valence-electron chi connectivity index (χ2n) is 7.18. The molecule has 1 spiro atoms. The normalized spacial score (nSPS) is 23.8. The fourth-order valence-electron chi connectivity index (χ4n) is 3.78.